The molecular formula is C41H61FN8O11S. The number of carbonyl (C=O) groups is 3. The fourth-order valence-electron chi connectivity index (χ4n) is 8.68. The van der Waals surface area contributed by atoms with E-state index < -0.39 is 95.1 Å². The molecule has 2 aromatic rings. The maximum absolute atomic E-state index is 16.9. The number of halogens is 1. The van der Waals surface area contributed by atoms with Gasteiger partial charge in [0.1, 0.15) is 29.2 Å². The van der Waals surface area contributed by atoms with Gasteiger partial charge in [0, 0.05) is 30.5 Å². The minimum Gasteiger partial charge on any atom is -0.457 e. The Balaban J connectivity index is 1.65. The molecule has 344 valence electrons. The molecule has 21 heteroatoms. The predicted octanol–water partition coefficient (Wildman–Crippen LogP) is 3.10. The Morgan fingerprint density at radius 1 is 1.11 bits per heavy atom. The highest BCUT2D eigenvalue weighted by Crippen LogP contribution is 2.41. The molecule has 4 N–H and O–H groups in total. The van der Waals surface area contributed by atoms with Gasteiger partial charge < -0.3 is 49.4 Å². The lowest BCUT2D eigenvalue weighted by atomic mass is 9.73. The maximum Gasteiger partial charge on any atom is 0.351 e. The first kappa shape index (κ1) is 49.1. The van der Waals surface area contributed by atoms with Crippen molar-refractivity contribution in [2.45, 2.75) is 148 Å². The summed E-state index contributed by atoms with van der Waals surface area (Å²) in [4.78, 5) is 66.0. The highest BCUT2D eigenvalue weighted by Gasteiger charge is 2.56. The van der Waals surface area contributed by atoms with Gasteiger partial charge in [-0.05, 0) is 78.5 Å². The standard InChI is InChI=1S/C41H61FN8O11S/c1-12-29-41(9,55)34-22(4)30(46-24(6)51)20(2)14-39(7,57-18-26(17-56-34)48-58-19-25-15-45-27(16-44-25)35-47-38(43)49-62-35)33(23(5)32(53)40(8,42)37(54)60-29)61-36-31(52)28(50(10)11)13-21(3)59-36/h15-16,20-23,28-29,31,33-34,36,52,55H,12-14,17-19H2,1-11H3,(H2,43,49)/b46-30?,48-26+/t20-,21-,22+,23+,28+,29-,31-,33-,34+,36+,39-,40+,41-/m1/s1. The highest BCUT2D eigenvalue weighted by atomic mass is 32.1. The lowest BCUT2D eigenvalue weighted by molar-refractivity contribution is -0.296. The normalized spacial score (nSPS) is 38.0. The highest BCUT2D eigenvalue weighted by molar-refractivity contribution is 7.09. The summed E-state index contributed by atoms with van der Waals surface area (Å²) in [5.74, 6) is -6.08. The summed E-state index contributed by atoms with van der Waals surface area (Å²) in [7, 11) is 3.62. The zero-order valence-electron chi connectivity index (χ0n) is 37.2. The second-order valence-corrected chi connectivity index (χ2v) is 18.1. The molecule has 5 rings (SSSR count). The smallest absolute Gasteiger partial charge is 0.351 e. The molecule has 0 aromatic carbocycles. The zero-order chi connectivity index (χ0) is 45.9. The molecule has 13 atom stereocenters. The van der Waals surface area contributed by atoms with Crippen molar-refractivity contribution in [2.24, 2.45) is 27.9 Å². The number of amides is 1. The van der Waals surface area contributed by atoms with Gasteiger partial charge in [-0.1, -0.05) is 32.9 Å². The number of aromatic nitrogens is 4. The van der Waals surface area contributed by atoms with E-state index in [9.17, 15) is 24.6 Å². The number of ether oxygens (including phenoxy) is 5. The topological polar surface area (TPSA) is 253 Å². The fraction of sp³-hybridized carbons (Fsp3) is 0.732. The number of fused-ring (bicyclic) bond motifs is 5. The van der Waals surface area contributed by atoms with Crippen LogP contribution in [0.25, 0.3) is 10.7 Å². The van der Waals surface area contributed by atoms with Crippen molar-refractivity contribution in [3.8, 4) is 10.7 Å². The van der Waals surface area contributed by atoms with Crippen LogP contribution in [0.3, 0.4) is 0 Å². The van der Waals surface area contributed by atoms with Gasteiger partial charge in [-0.25, -0.2) is 19.2 Å². The molecule has 19 nitrogen and oxygen atoms in total. The van der Waals surface area contributed by atoms with Crippen LogP contribution in [0.4, 0.5) is 10.3 Å². The van der Waals surface area contributed by atoms with Crippen LogP contribution in [0.1, 0.15) is 87.3 Å². The molecule has 5 heterocycles. The number of esters is 1. The van der Waals surface area contributed by atoms with E-state index in [0.717, 1.165) is 18.5 Å². The van der Waals surface area contributed by atoms with Crippen LogP contribution in [-0.4, -0.2) is 151 Å². The number of nitrogens with zero attached hydrogens (tertiary/aromatic N) is 7. The number of hydrogen-bond acceptors (Lipinski definition) is 19. The number of likely N-dealkylation sites (N-methyl/N-ethyl adjacent to an activating group) is 1. The number of nitrogen functional groups attached to an aromatic ring is 1. The molecular weight excluding hydrogens is 832 g/mol. The molecule has 62 heavy (non-hydrogen) atoms. The average molecular weight is 893 g/mol. The number of rotatable bonds is 8. The van der Waals surface area contributed by atoms with Crippen LogP contribution in [0.5, 0.6) is 0 Å². The van der Waals surface area contributed by atoms with Crippen LogP contribution in [0.2, 0.25) is 0 Å². The van der Waals surface area contributed by atoms with E-state index in [1.165, 1.54) is 33.2 Å². The molecule has 3 saturated heterocycles. The van der Waals surface area contributed by atoms with E-state index in [0.29, 0.717) is 28.5 Å². The van der Waals surface area contributed by atoms with E-state index in [2.05, 4.69) is 29.5 Å². The summed E-state index contributed by atoms with van der Waals surface area (Å²) in [6, 6.07) is -0.419. The second-order valence-electron chi connectivity index (χ2n) is 17.4. The summed E-state index contributed by atoms with van der Waals surface area (Å²) in [5.41, 5.74) is 0.0987. The number of alkyl halides is 1. The maximum atomic E-state index is 16.9. The molecule has 3 fully saturated rings. The Hall–Kier alpha value is -3.96. The molecule has 3 aliphatic heterocycles. The molecule has 2 bridgehead atoms. The first-order valence-electron chi connectivity index (χ1n) is 20.7. The van der Waals surface area contributed by atoms with Gasteiger partial charge in [0.2, 0.25) is 11.9 Å². The van der Waals surface area contributed by atoms with Gasteiger partial charge in [0.05, 0.1) is 55.2 Å². The Kier molecular flexibility index (Phi) is 15.7. The molecule has 0 spiro atoms. The summed E-state index contributed by atoms with van der Waals surface area (Å²) < 4.78 is 52.6. The second kappa shape index (κ2) is 19.8. The van der Waals surface area contributed by atoms with Gasteiger partial charge in [-0.2, -0.15) is 9.36 Å². The lowest BCUT2D eigenvalue weighted by Gasteiger charge is -2.47. The number of nitrogens with two attached hydrogens (primary N) is 1. The Morgan fingerprint density at radius 3 is 2.42 bits per heavy atom. The predicted molar refractivity (Wildman–Crippen MR) is 225 cm³/mol. The number of hydrogen-bond donors (Lipinski definition) is 3. The Labute approximate surface area is 365 Å². The van der Waals surface area contributed by atoms with Gasteiger partial charge >= 0.3 is 5.97 Å². The number of aliphatic hydroxyl groups excluding tert-OH is 1. The molecule has 0 aliphatic carbocycles. The number of anilines is 1. The zero-order valence-corrected chi connectivity index (χ0v) is 38.1. The van der Waals surface area contributed by atoms with Crippen molar-refractivity contribution < 1.29 is 57.5 Å². The van der Waals surface area contributed by atoms with Crippen molar-refractivity contribution in [1.82, 2.24) is 24.2 Å². The largest absolute Gasteiger partial charge is 0.457 e. The SMILES string of the molecule is CC[C@H]1OC(=O)[C@@](C)(F)C(=O)[C@H](C)[C@@H](O[C@@H]2O[C@H](C)C[C@H](N(C)C)[C@H]2O)[C@@]2(C)C[C@@H](C)C(=NC(C)=O)[C@H](C)[C@H](OC/C(=N\OCc3cnc(-c4nc(N)ns4)cn3)CO2)[C@]1(C)O. The molecule has 1 amide bonds. The third-order valence-corrected chi connectivity index (χ3v) is 12.7. The van der Waals surface area contributed by atoms with Gasteiger partial charge in [0.25, 0.3) is 5.67 Å². The van der Waals surface area contributed by atoms with Crippen LogP contribution in [-0.2, 0) is 49.5 Å². The quantitative estimate of drug-likeness (QED) is 0.196. The minimum absolute atomic E-state index is 0.0168. The van der Waals surface area contributed by atoms with Crippen molar-refractivity contribution in [1.29, 1.82) is 0 Å². The summed E-state index contributed by atoms with van der Waals surface area (Å²) in [6.07, 6.45) is -3.66. The number of aliphatic hydroxyl groups is 2. The summed E-state index contributed by atoms with van der Waals surface area (Å²) in [6.45, 7) is 12.7. The molecule has 0 unspecified atom stereocenters. The third kappa shape index (κ3) is 10.9. The van der Waals surface area contributed by atoms with Crippen LogP contribution in [0.15, 0.2) is 22.5 Å². The number of cyclic esters (lactones) is 1. The van der Waals surface area contributed by atoms with E-state index in [1.807, 2.05) is 25.9 Å². The monoisotopic (exact) mass is 892 g/mol. The van der Waals surface area contributed by atoms with Crippen molar-refractivity contribution in [3.63, 3.8) is 0 Å². The van der Waals surface area contributed by atoms with E-state index >= 15 is 4.39 Å². The Bertz CT molecular complexity index is 1970. The van der Waals surface area contributed by atoms with E-state index in [1.54, 1.807) is 27.7 Å². The molecule has 0 radical (unpaired) electrons. The van der Waals surface area contributed by atoms with Gasteiger partial charge in [0.15, 0.2) is 23.7 Å². The number of ketones is 1. The molecule has 3 aliphatic rings. The lowest BCUT2D eigenvalue weighted by Crippen LogP contribution is -2.61. The van der Waals surface area contributed by atoms with E-state index in [-0.39, 0.29) is 44.3 Å². The minimum atomic E-state index is -3.23. The van der Waals surface area contributed by atoms with Crippen LogP contribution in [0, 0.1) is 17.8 Å². The molecule has 0 saturated carbocycles. The molecule has 2 aromatic heterocycles. The summed E-state index contributed by atoms with van der Waals surface area (Å²) in [5, 5.41) is 28.9. The first-order valence-corrected chi connectivity index (χ1v) is 21.5. The van der Waals surface area contributed by atoms with Crippen molar-refractivity contribution in [3.05, 3.63) is 18.1 Å². The fourth-order valence-corrected chi connectivity index (χ4v) is 9.23. The number of oxime groups is 1. The van der Waals surface area contributed by atoms with Gasteiger partial charge in [-0.15, -0.1) is 0 Å². The van der Waals surface area contributed by atoms with E-state index in [4.69, 9.17) is 34.3 Å². The van der Waals surface area contributed by atoms with Crippen LogP contribution < -0.4 is 5.73 Å². The first-order chi connectivity index (χ1) is 29.0. The Morgan fingerprint density at radius 2 is 1.82 bits per heavy atom. The third-order valence-electron chi connectivity index (χ3n) is 11.9. The van der Waals surface area contributed by atoms with Gasteiger partial charge in [-0.3, -0.25) is 14.6 Å². The van der Waals surface area contributed by atoms with Crippen molar-refractivity contribution >= 4 is 46.6 Å². The average Bonchev–Trinajstić information content (AvgIpc) is 3.64. The summed E-state index contributed by atoms with van der Waals surface area (Å²) >= 11 is 1.08. The van der Waals surface area contributed by atoms with Crippen LogP contribution >= 0.6 is 11.5 Å². The van der Waals surface area contributed by atoms with Crippen molar-refractivity contribution in [2.75, 3.05) is 33.0 Å². The number of aliphatic imine (C=N–C) groups is 1. The number of Topliss-reactive ketones (excluding diaryl/α,β-unsaturated/α-hetero) is 1. The number of carbonyl (C=O) groups excluding carboxylic acids is 3.